The molecule has 0 aromatic heterocycles. The Morgan fingerprint density at radius 1 is 0.650 bits per heavy atom. The summed E-state index contributed by atoms with van der Waals surface area (Å²) in [5.41, 5.74) is 6.48. The van der Waals surface area contributed by atoms with Gasteiger partial charge in [0.05, 0.1) is 0 Å². The molecule has 0 radical (unpaired) electrons. The van der Waals surface area contributed by atoms with Crippen molar-refractivity contribution in [1.82, 2.24) is 0 Å². The van der Waals surface area contributed by atoms with E-state index in [9.17, 15) is 0 Å². The fraction of sp³-hybridized carbons (Fsp3) is 0.400. The van der Waals surface area contributed by atoms with Gasteiger partial charge in [-0.3, -0.25) is 0 Å². The van der Waals surface area contributed by atoms with E-state index >= 15 is 0 Å². The zero-order chi connectivity index (χ0) is 13.4. The third kappa shape index (κ3) is 2.08. The van der Waals surface area contributed by atoms with Crippen molar-refractivity contribution in [1.29, 1.82) is 0 Å². The summed E-state index contributed by atoms with van der Waals surface area (Å²) in [6.45, 7) is 0. The Balaban J connectivity index is 1.45. The Morgan fingerprint density at radius 3 is 1.60 bits per heavy atom. The molecule has 2 aliphatic rings. The van der Waals surface area contributed by atoms with E-state index in [1.54, 1.807) is 22.3 Å². The van der Waals surface area contributed by atoms with Crippen molar-refractivity contribution in [3.8, 4) is 0 Å². The summed E-state index contributed by atoms with van der Waals surface area (Å²) >= 11 is 0. The van der Waals surface area contributed by atoms with Gasteiger partial charge in [0.15, 0.2) is 0 Å². The van der Waals surface area contributed by atoms with Crippen molar-refractivity contribution in [2.45, 2.75) is 50.4 Å². The van der Waals surface area contributed by atoms with Crippen molar-refractivity contribution >= 4 is 0 Å². The van der Waals surface area contributed by atoms with Gasteiger partial charge in [-0.25, -0.2) is 0 Å². The molecule has 0 N–H and O–H groups in total. The molecule has 0 amide bonds. The molecular weight excluding hydrogens is 240 g/mol. The normalized spacial score (nSPS) is 23.6. The van der Waals surface area contributed by atoms with Crippen LogP contribution in [-0.4, -0.2) is 0 Å². The van der Waals surface area contributed by atoms with Gasteiger partial charge in [0.25, 0.3) is 0 Å². The average molecular weight is 262 g/mol. The second-order valence-electron chi connectivity index (χ2n) is 6.45. The fourth-order valence-electron chi connectivity index (χ4n) is 4.29. The van der Waals surface area contributed by atoms with Gasteiger partial charge in [0.1, 0.15) is 0 Å². The maximum Gasteiger partial charge on any atom is -0.0156 e. The Labute approximate surface area is 121 Å². The van der Waals surface area contributed by atoms with Crippen LogP contribution in [0.5, 0.6) is 0 Å². The summed E-state index contributed by atoms with van der Waals surface area (Å²) in [7, 11) is 0. The van der Waals surface area contributed by atoms with E-state index in [2.05, 4.69) is 48.5 Å². The molecule has 0 saturated heterocycles. The standard InChI is InChI=1S/C20H22/c1-3-7-19-15(5-1)9-11-17(19)13-14-18-12-10-16-6-2-4-8-20(16)18/h1-8,17-18H,9-14H2/t17-,18?/m0/s1. The lowest BCUT2D eigenvalue weighted by Crippen LogP contribution is -1.99. The second-order valence-corrected chi connectivity index (χ2v) is 6.45. The van der Waals surface area contributed by atoms with Crippen molar-refractivity contribution in [2.24, 2.45) is 0 Å². The molecule has 2 aliphatic carbocycles. The number of hydrogen-bond donors (Lipinski definition) is 0. The summed E-state index contributed by atoms with van der Waals surface area (Å²) in [4.78, 5) is 0. The maximum absolute atomic E-state index is 2.36. The number of fused-ring (bicyclic) bond motifs is 2. The SMILES string of the molecule is c1ccc2c(c1)CCC2CC[C@@H]1CCc2ccccc21. The van der Waals surface area contributed by atoms with Crippen LogP contribution >= 0.6 is 0 Å². The van der Waals surface area contributed by atoms with Crippen molar-refractivity contribution in [3.63, 3.8) is 0 Å². The van der Waals surface area contributed by atoms with Gasteiger partial charge in [-0.2, -0.15) is 0 Å². The Bertz CT molecular complexity index is 555. The molecule has 0 fully saturated rings. The molecule has 2 aromatic carbocycles. The van der Waals surface area contributed by atoms with Gasteiger partial charge in [-0.1, -0.05) is 48.5 Å². The summed E-state index contributed by atoms with van der Waals surface area (Å²) in [6.07, 6.45) is 8.07. The van der Waals surface area contributed by atoms with E-state index in [0.29, 0.717) is 0 Å². The first-order valence-electron chi connectivity index (χ1n) is 8.07. The van der Waals surface area contributed by atoms with E-state index in [1.165, 1.54) is 38.5 Å². The van der Waals surface area contributed by atoms with Gasteiger partial charge in [-0.15, -0.1) is 0 Å². The molecule has 1 unspecified atom stereocenters. The molecule has 2 aromatic rings. The van der Waals surface area contributed by atoms with Gasteiger partial charge in [0, 0.05) is 0 Å². The van der Waals surface area contributed by atoms with Crippen LogP contribution in [0.4, 0.5) is 0 Å². The fourth-order valence-corrected chi connectivity index (χ4v) is 4.29. The van der Waals surface area contributed by atoms with Crippen LogP contribution < -0.4 is 0 Å². The molecular formula is C20H22. The van der Waals surface area contributed by atoms with E-state index < -0.39 is 0 Å². The molecule has 0 heterocycles. The van der Waals surface area contributed by atoms with Gasteiger partial charge < -0.3 is 0 Å². The van der Waals surface area contributed by atoms with Crippen molar-refractivity contribution < 1.29 is 0 Å². The summed E-state index contributed by atoms with van der Waals surface area (Å²) in [5, 5.41) is 0. The summed E-state index contributed by atoms with van der Waals surface area (Å²) < 4.78 is 0. The lowest BCUT2D eigenvalue weighted by atomic mass is 9.89. The molecule has 0 saturated carbocycles. The molecule has 102 valence electrons. The highest BCUT2D eigenvalue weighted by molar-refractivity contribution is 5.36. The largest absolute Gasteiger partial charge is 0.0620 e. The zero-order valence-electron chi connectivity index (χ0n) is 12.0. The number of benzene rings is 2. The van der Waals surface area contributed by atoms with E-state index in [0.717, 1.165) is 11.8 Å². The molecule has 0 spiro atoms. The molecule has 0 heteroatoms. The van der Waals surface area contributed by atoms with E-state index in [-0.39, 0.29) is 0 Å². The predicted octanol–water partition coefficient (Wildman–Crippen LogP) is 5.23. The molecule has 20 heavy (non-hydrogen) atoms. The second kappa shape index (κ2) is 5.09. The first-order chi connectivity index (χ1) is 9.92. The molecule has 0 bridgehead atoms. The highest BCUT2D eigenvalue weighted by Crippen LogP contribution is 2.41. The summed E-state index contributed by atoms with van der Waals surface area (Å²) in [6, 6.07) is 18.2. The van der Waals surface area contributed by atoms with Crippen LogP contribution in [0.2, 0.25) is 0 Å². The average Bonchev–Trinajstić information content (AvgIpc) is 3.09. The first-order valence-corrected chi connectivity index (χ1v) is 8.07. The minimum atomic E-state index is 0.818. The number of aryl methyl sites for hydroxylation is 2. The van der Waals surface area contributed by atoms with Crippen LogP contribution in [0.3, 0.4) is 0 Å². The Morgan fingerprint density at radius 2 is 1.10 bits per heavy atom. The highest BCUT2D eigenvalue weighted by atomic mass is 14.3. The minimum Gasteiger partial charge on any atom is -0.0620 e. The zero-order valence-corrected chi connectivity index (χ0v) is 12.0. The Hall–Kier alpha value is -1.56. The summed E-state index contributed by atoms with van der Waals surface area (Å²) in [5.74, 6) is 1.64. The predicted molar refractivity (Wildman–Crippen MR) is 84.2 cm³/mol. The monoisotopic (exact) mass is 262 g/mol. The molecule has 4 rings (SSSR count). The number of rotatable bonds is 3. The highest BCUT2D eigenvalue weighted by Gasteiger charge is 2.26. The first kappa shape index (κ1) is 12.2. The van der Waals surface area contributed by atoms with Gasteiger partial charge in [0.2, 0.25) is 0 Å². The molecule has 0 nitrogen and oxygen atoms in total. The minimum absolute atomic E-state index is 0.818. The van der Waals surface area contributed by atoms with Crippen LogP contribution in [-0.2, 0) is 12.8 Å². The molecule has 0 aliphatic heterocycles. The van der Waals surface area contributed by atoms with Crippen LogP contribution in [0.1, 0.15) is 59.8 Å². The van der Waals surface area contributed by atoms with Crippen molar-refractivity contribution in [2.75, 3.05) is 0 Å². The van der Waals surface area contributed by atoms with Crippen LogP contribution in [0.25, 0.3) is 0 Å². The number of hydrogen-bond acceptors (Lipinski definition) is 0. The Kier molecular flexibility index (Phi) is 3.10. The van der Waals surface area contributed by atoms with Gasteiger partial charge in [-0.05, 0) is 72.6 Å². The topological polar surface area (TPSA) is 0 Å². The lowest BCUT2D eigenvalue weighted by molar-refractivity contribution is 0.521. The smallest absolute Gasteiger partial charge is 0.0156 e. The quantitative estimate of drug-likeness (QED) is 0.710. The van der Waals surface area contributed by atoms with E-state index in [4.69, 9.17) is 0 Å². The van der Waals surface area contributed by atoms with Crippen LogP contribution in [0, 0.1) is 0 Å². The lowest BCUT2D eigenvalue weighted by Gasteiger charge is -2.16. The molecule has 2 atom stereocenters. The third-order valence-corrected chi connectivity index (χ3v) is 5.38. The third-order valence-electron chi connectivity index (χ3n) is 5.38. The maximum atomic E-state index is 2.36. The van der Waals surface area contributed by atoms with Crippen molar-refractivity contribution in [3.05, 3.63) is 70.8 Å². The van der Waals surface area contributed by atoms with Crippen LogP contribution in [0.15, 0.2) is 48.5 Å². The van der Waals surface area contributed by atoms with Gasteiger partial charge >= 0.3 is 0 Å². The van der Waals surface area contributed by atoms with E-state index in [1.807, 2.05) is 0 Å².